The highest BCUT2D eigenvalue weighted by atomic mass is 16.5. The molecule has 8 nitrogen and oxygen atoms in total. The summed E-state index contributed by atoms with van der Waals surface area (Å²) >= 11 is 0. The van der Waals surface area contributed by atoms with Crippen LogP contribution in [-0.2, 0) is 16.1 Å². The Balaban J connectivity index is 1.47. The van der Waals surface area contributed by atoms with Crippen LogP contribution < -0.4 is 10.9 Å². The molecule has 1 amide bonds. The third-order valence-corrected chi connectivity index (χ3v) is 4.83. The lowest BCUT2D eigenvalue weighted by Crippen LogP contribution is -2.36. The van der Waals surface area contributed by atoms with Gasteiger partial charge < -0.3 is 19.1 Å². The summed E-state index contributed by atoms with van der Waals surface area (Å²) in [6, 6.07) is 10.8. The molecule has 3 heterocycles. The van der Waals surface area contributed by atoms with Gasteiger partial charge in [0.05, 0.1) is 11.7 Å². The fourth-order valence-corrected chi connectivity index (χ4v) is 3.19. The molecule has 0 radical (unpaired) electrons. The molecule has 1 aliphatic rings. The summed E-state index contributed by atoms with van der Waals surface area (Å²) in [7, 11) is 0. The largest absolute Gasteiger partial charge is 0.376 e. The third-order valence-electron chi connectivity index (χ3n) is 4.83. The summed E-state index contributed by atoms with van der Waals surface area (Å²) in [5.74, 6) is 0.506. The van der Waals surface area contributed by atoms with Gasteiger partial charge in [0.1, 0.15) is 6.54 Å². The van der Waals surface area contributed by atoms with E-state index in [1.54, 1.807) is 12.3 Å². The molecule has 4 rings (SSSR count). The zero-order chi connectivity index (χ0) is 20.2. The van der Waals surface area contributed by atoms with Crippen LogP contribution >= 0.6 is 0 Å². The predicted molar refractivity (Wildman–Crippen MR) is 106 cm³/mol. The lowest BCUT2D eigenvalue weighted by atomic mass is 10.1. The standard InChI is InChI=1S/C21H22N4O4/c1-14-4-6-15(7-5-14)20-23-21(29-24-20)16-8-9-19(27)25(12-16)13-18(26)22-11-17-3-2-10-28-17/h4-9,12,17H,2-3,10-11,13H2,1H3,(H,22,26). The maximum Gasteiger partial charge on any atom is 0.259 e. The molecule has 2 aromatic heterocycles. The van der Waals surface area contributed by atoms with Gasteiger partial charge in [-0.05, 0) is 25.8 Å². The molecule has 1 unspecified atom stereocenters. The van der Waals surface area contributed by atoms with E-state index in [1.807, 2.05) is 31.2 Å². The molecule has 150 valence electrons. The quantitative estimate of drug-likeness (QED) is 0.688. The molecule has 0 aliphatic carbocycles. The molecular formula is C21H22N4O4. The number of hydrogen-bond donors (Lipinski definition) is 1. The molecule has 1 atom stereocenters. The number of nitrogens with one attached hydrogen (secondary N) is 1. The summed E-state index contributed by atoms with van der Waals surface area (Å²) in [5, 5.41) is 6.83. The van der Waals surface area contributed by atoms with Crippen LogP contribution in [0.3, 0.4) is 0 Å². The van der Waals surface area contributed by atoms with Crippen molar-refractivity contribution in [3.8, 4) is 22.8 Å². The van der Waals surface area contributed by atoms with Gasteiger partial charge >= 0.3 is 0 Å². The Labute approximate surface area is 167 Å². The first kappa shape index (κ1) is 19.1. The first-order chi connectivity index (χ1) is 14.1. The molecule has 1 fully saturated rings. The summed E-state index contributed by atoms with van der Waals surface area (Å²) in [6.45, 7) is 3.11. The first-order valence-electron chi connectivity index (χ1n) is 9.58. The Hall–Kier alpha value is -3.26. The Morgan fingerprint density at radius 2 is 2.00 bits per heavy atom. The van der Waals surface area contributed by atoms with Crippen LogP contribution in [0.1, 0.15) is 18.4 Å². The van der Waals surface area contributed by atoms with Crippen molar-refractivity contribution < 1.29 is 14.1 Å². The molecule has 0 spiro atoms. The average molecular weight is 394 g/mol. The van der Waals surface area contributed by atoms with Gasteiger partial charge in [0.25, 0.3) is 11.4 Å². The molecule has 29 heavy (non-hydrogen) atoms. The number of nitrogens with zero attached hydrogens (tertiary/aromatic N) is 3. The number of rotatable bonds is 6. The second kappa shape index (κ2) is 8.40. The first-order valence-corrected chi connectivity index (χ1v) is 9.58. The van der Waals surface area contributed by atoms with E-state index in [1.165, 1.54) is 10.6 Å². The van der Waals surface area contributed by atoms with E-state index in [9.17, 15) is 9.59 Å². The average Bonchev–Trinajstić information content (AvgIpc) is 3.41. The summed E-state index contributed by atoms with van der Waals surface area (Å²) in [6.07, 6.45) is 3.56. The third kappa shape index (κ3) is 4.60. The Morgan fingerprint density at radius 3 is 2.76 bits per heavy atom. The molecule has 0 saturated carbocycles. The van der Waals surface area contributed by atoms with E-state index in [4.69, 9.17) is 9.26 Å². The van der Waals surface area contributed by atoms with Crippen LogP contribution in [-0.4, -0.2) is 39.9 Å². The smallest absolute Gasteiger partial charge is 0.259 e. The van der Waals surface area contributed by atoms with Crippen molar-refractivity contribution >= 4 is 5.91 Å². The number of amides is 1. The molecule has 1 N–H and O–H groups in total. The number of benzene rings is 1. The van der Waals surface area contributed by atoms with Crippen molar-refractivity contribution in [3.63, 3.8) is 0 Å². The number of aromatic nitrogens is 3. The SMILES string of the molecule is Cc1ccc(-c2noc(-c3ccc(=O)n(CC(=O)NCC4CCCO4)c3)n2)cc1. The van der Waals surface area contributed by atoms with E-state index in [2.05, 4.69) is 15.5 Å². The van der Waals surface area contributed by atoms with E-state index >= 15 is 0 Å². The minimum atomic E-state index is -0.278. The van der Waals surface area contributed by atoms with Gasteiger partial charge in [0, 0.05) is 31.0 Å². The van der Waals surface area contributed by atoms with Gasteiger partial charge in [-0.2, -0.15) is 4.98 Å². The number of ether oxygens (including phenoxy) is 1. The fourth-order valence-electron chi connectivity index (χ4n) is 3.19. The number of aryl methyl sites for hydroxylation is 1. The van der Waals surface area contributed by atoms with Gasteiger partial charge in [-0.25, -0.2) is 0 Å². The molecule has 1 aromatic carbocycles. The van der Waals surface area contributed by atoms with Crippen molar-refractivity contribution in [1.82, 2.24) is 20.0 Å². The highest BCUT2D eigenvalue weighted by Crippen LogP contribution is 2.21. The van der Waals surface area contributed by atoms with Crippen molar-refractivity contribution in [1.29, 1.82) is 0 Å². The zero-order valence-electron chi connectivity index (χ0n) is 16.1. The minimum absolute atomic E-state index is 0.0561. The van der Waals surface area contributed by atoms with Gasteiger partial charge in [-0.3, -0.25) is 9.59 Å². The molecule has 8 heteroatoms. The van der Waals surface area contributed by atoms with Crippen LogP contribution in [0.25, 0.3) is 22.8 Å². The maximum atomic E-state index is 12.2. The molecule has 1 aliphatic heterocycles. The fraction of sp³-hybridized carbons (Fsp3) is 0.333. The van der Waals surface area contributed by atoms with Crippen LogP contribution in [0, 0.1) is 6.92 Å². The van der Waals surface area contributed by atoms with Crippen LogP contribution in [0.2, 0.25) is 0 Å². The Morgan fingerprint density at radius 1 is 1.21 bits per heavy atom. The molecule has 1 saturated heterocycles. The lowest BCUT2D eigenvalue weighted by molar-refractivity contribution is -0.122. The van der Waals surface area contributed by atoms with Gasteiger partial charge in [0.2, 0.25) is 11.7 Å². The van der Waals surface area contributed by atoms with E-state index in [0.717, 1.165) is 30.6 Å². The van der Waals surface area contributed by atoms with Gasteiger partial charge in [0.15, 0.2) is 0 Å². The molecule has 3 aromatic rings. The van der Waals surface area contributed by atoms with E-state index in [0.29, 0.717) is 17.9 Å². The van der Waals surface area contributed by atoms with Gasteiger partial charge in [-0.15, -0.1) is 0 Å². The van der Waals surface area contributed by atoms with Crippen molar-refractivity contribution in [2.45, 2.75) is 32.4 Å². The monoisotopic (exact) mass is 394 g/mol. The predicted octanol–water partition coefficient (Wildman–Crippen LogP) is 2.17. The summed E-state index contributed by atoms with van der Waals surface area (Å²) < 4.78 is 12.2. The maximum absolute atomic E-state index is 12.2. The Kier molecular flexibility index (Phi) is 5.53. The number of carbonyl (C=O) groups is 1. The summed E-state index contributed by atoms with van der Waals surface area (Å²) in [4.78, 5) is 28.8. The highest BCUT2D eigenvalue weighted by Gasteiger charge is 2.17. The van der Waals surface area contributed by atoms with E-state index in [-0.39, 0.29) is 30.0 Å². The second-order valence-corrected chi connectivity index (χ2v) is 7.11. The molecule has 0 bridgehead atoms. The Bertz CT molecular complexity index is 1050. The van der Waals surface area contributed by atoms with Crippen LogP contribution in [0.15, 0.2) is 51.9 Å². The number of hydrogen-bond acceptors (Lipinski definition) is 6. The van der Waals surface area contributed by atoms with Crippen molar-refractivity contribution in [2.24, 2.45) is 0 Å². The van der Waals surface area contributed by atoms with Crippen molar-refractivity contribution in [2.75, 3.05) is 13.2 Å². The number of carbonyl (C=O) groups excluding carboxylic acids is 1. The van der Waals surface area contributed by atoms with Crippen LogP contribution in [0.4, 0.5) is 0 Å². The zero-order valence-corrected chi connectivity index (χ0v) is 16.1. The van der Waals surface area contributed by atoms with Crippen molar-refractivity contribution in [3.05, 3.63) is 58.5 Å². The highest BCUT2D eigenvalue weighted by molar-refractivity contribution is 5.75. The second-order valence-electron chi connectivity index (χ2n) is 7.11. The normalized spacial score (nSPS) is 16.1. The van der Waals surface area contributed by atoms with E-state index < -0.39 is 0 Å². The van der Waals surface area contributed by atoms with Gasteiger partial charge in [-0.1, -0.05) is 35.0 Å². The van der Waals surface area contributed by atoms with Crippen LogP contribution in [0.5, 0.6) is 0 Å². The number of pyridine rings is 1. The summed E-state index contributed by atoms with van der Waals surface area (Å²) in [5.41, 5.74) is 2.27. The topological polar surface area (TPSA) is 99.2 Å². The molecular weight excluding hydrogens is 372 g/mol. The lowest BCUT2D eigenvalue weighted by Gasteiger charge is -2.11. The minimum Gasteiger partial charge on any atom is -0.376 e.